The van der Waals surface area contributed by atoms with Gasteiger partial charge in [-0.15, -0.1) is 0 Å². The summed E-state index contributed by atoms with van der Waals surface area (Å²) in [5.74, 6) is 0.457. The molecule has 0 saturated heterocycles. The van der Waals surface area contributed by atoms with Crippen molar-refractivity contribution in [3.05, 3.63) is 36.4 Å². The molecule has 0 radical (unpaired) electrons. The van der Waals surface area contributed by atoms with E-state index in [1.165, 1.54) is 0 Å². The van der Waals surface area contributed by atoms with E-state index in [9.17, 15) is 10.0 Å². The smallest absolute Gasteiger partial charge is 0.492 e. The fraction of sp³-hybridized carbons (Fsp3) is 0.333. The largest absolute Gasteiger partial charge is 0.492 e. The molecule has 2 N–H and O–H groups in total. The minimum Gasteiger partial charge on any atom is -0.492 e. The van der Waals surface area contributed by atoms with Crippen LogP contribution in [0.15, 0.2) is 36.4 Å². The quantitative estimate of drug-likeness (QED) is 0.549. The summed E-state index contributed by atoms with van der Waals surface area (Å²) in [5, 5.41) is 20.9. The van der Waals surface area contributed by atoms with Gasteiger partial charge in [0.2, 0.25) is 0 Å². The van der Waals surface area contributed by atoms with Crippen LogP contribution in [0, 0.1) is 0 Å². The van der Waals surface area contributed by atoms with Gasteiger partial charge in [-0.25, -0.2) is 0 Å². The molecule has 2 aromatic carbocycles. The molecule has 6 heteroatoms. The van der Waals surface area contributed by atoms with Crippen molar-refractivity contribution in [1.82, 2.24) is 0 Å². The Hall–Kier alpha value is -1.60. The first-order valence-electron chi connectivity index (χ1n) is 6.81. The Morgan fingerprint density at radius 1 is 0.952 bits per heavy atom. The summed E-state index contributed by atoms with van der Waals surface area (Å²) in [6.07, 6.45) is 0. The lowest BCUT2D eigenvalue weighted by atomic mass is 9.76. The second kappa shape index (κ2) is 8.00. The maximum atomic E-state index is 9.60. The number of methoxy groups -OCH3 is 1. The van der Waals surface area contributed by atoms with Crippen LogP contribution in [0.1, 0.15) is 0 Å². The lowest BCUT2D eigenvalue weighted by Crippen LogP contribution is -2.32. The van der Waals surface area contributed by atoms with Crippen LogP contribution in [0.5, 0.6) is 5.75 Å². The van der Waals surface area contributed by atoms with Gasteiger partial charge in [0.15, 0.2) is 0 Å². The lowest BCUT2D eigenvalue weighted by molar-refractivity contribution is 0.0546. The van der Waals surface area contributed by atoms with Crippen LogP contribution in [0.25, 0.3) is 10.8 Å². The normalized spacial score (nSPS) is 10.8. The summed E-state index contributed by atoms with van der Waals surface area (Å²) < 4.78 is 15.8. The third-order valence-corrected chi connectivity index (χ3v) is 3.11. The van der Waals surface area contributed by atoms with Gasteiger partial charge in [0.25, 0.3) is 0 Å². The van der Waals surface area contributed by atoms with Crippen LogP contribution in [-0.2, 0) is 9.47 Å². The van der Waals surface area contributed by atoms with E-state index < -0.39 is 7.12 Å². The van der Waals surface area contributed by atoms with Crippen molar-refractivity contribution in [2.75, 3.05) is 33.5 Å². The van der Waals surface area contributed by atoms with Crippen molar-refractivity contribution in [1.29, 1.82) is 0 Å². The van der Waals surface area contributed by atoms with Crippen molar-refractivity contribution < 1.29 is 24.3 Å². The predicted octanol–water partition coefficient (Wildman–Crippen LogP) is 0.561. The molecule has 0 amide bonds. The van der Waals surface area contributed by atoms with E-state index in [-0.39, 0.29) is 0 Å². The lowest BCUT2D eigenvalue weighted by Gasteiger charge is -2.14. The molecule has 0 spiro atoms. The Morgan fingerprint density at radius 2 is 1.71 bits per heavy atom. The van der Waals surface area contributed by atoms with Crippen molar-refractivity contribution in [3.63, 3.8) is 0 Å². The third-order valence-electron chi connectivity index (χ3n) is 3.11. The minimum absolute atomic E-state index is 0.335. The van der Waals surface area contributed by atoms with E-state index in [1.54, 1.807) is 13.2 Å². The van der Waals surface area contributed by atoms with Gasteiger partial charge in [0, 0.05) is 12.6 Å². The van der Waals surface area contributed by atoms with Gasteiger partial charge in [0.1, 0.15) is 12.4 Å². The molecule has 0 unspecified atom stereocenters. The van der Waals surface area contributed by atoms with Gasteiger partial charge in [-0.2, -0.15) is 0 Å². The Bertz CT molecular complexity index is 573. The molecule has 0 aliphatic rings. The number of benzene rings is 2. The molecule has 0 aromatic heterocycles. The summed E-state index contributed by atoms with van der Waals surface area (Å²) in [7, 11) is 0.0321. The Balaban J connectivity index is 2.07. The molecule has 2 rings (SSSR count). The van der Waals surface area contributed by atoms with Crippen LogP contribution in [-0.4, -0.2) is 50.7 Å². The Kier molecular flexibility index (Phi) is 6.01. The average molecular weight is 290 g/mol. The van der Waals surface area contributed by atoms with E-state index in [1.807, 2.05) is 30.3 Å². The maximum Gasteiger partial charge on any atom is 0.492 e. The highest BCUT2D eigenvalue weighted by atomic mass is 16.5. The van der Waals surface area contributed by atoms with Gasteiger partial charge in [0.05, 0.1) is 19.8 Å². The number of hydrogen-bond acceptors (Lipinski definition) is 5. The predicted molar refractivity (Wildman–Crippen MR) is 82.0 cm³/mol. The second-order valence-electron chi connectivity index (χ2n) is 4.53. The monoisotopic (exact) mass is 290 g/mol. The highest BCUT2D eigenvalue weighted by Crippen LogP contribution is 2.19. The molecule has 0 bridgehead atoms. The first kappa shape index (κ1) is 15.8. The molecule has 21 heavy (non-hydrogen) atoms. The summed E-state index contributed by atoms with van der Waals surface area (Å²) in [6.45, 7) is 1.79. The van der Waals surface area contributed by atoms with Crippen molar-refractivity contribution >= 4 is 23.4 Å². The molecule has 0 aliphatic heterocycles. The molecule has 0 heterocycles. The topological polar surface area (TPSA) is 68.2 Å². The first-order chi connectivity index (χ1) is 10.2. The fourth-order valence-corrected chi connectivity index (χ4v) is 2.12. The van der Waals surface area contributed by atoms with E-state index in [4.69, 9.17) is 14.2 Å². The summed E-state index contributed by atoms with van der Waals surface area (Å²) in [4.78, 5) is 0. The van der Waals surface area contributed by atoms with Gasteiger partial charge >= 0.3 is 7.12 Å². The summed E-state index contributed by atoms with van der Waals surface area (Å²) in [5.41, 5.74) is 0.380. The molecule has 0 aliphatic carbocycles. The van der Waals surface area contributed by atoms with E-state index in [2.05, 4.69) is 0 Å². The summed E-state index contributed by atoms with van der Waals surface area (Å²) >= 11 is 0. The van der Waals surface area contributed by atoms with Crippen LogP contribution < -0.4 is 10.2 Å². The molecular weight excluding hydrogens is 271 g/mol. The average Bonchev–Trinajstić information content (AvgIpc) is 2.50. The zero-order chi connectivity index (χ0) is 15.1. The standard InChI is InChI=1S/C15H19BO5/c1-19-8-9-20-10-11-21-14-7-6-12-4-2-3-5-13(12)15(14)16(17)18/h2-7,17-18H,8-11H2,1H3. The minimum atomic E-state index is -1.58. The molecule has 0 fully saturated rings. The fourth-order valence-electron chi connectivity index (χ4n) is 2.12. The molecule has 0 saturated carbocycles. The van der Waals surface area contributed by atoms with Gasteiger partial charge in [-0.05, 0) is 16.8 Å². The molecule has 5 nitrogen and oxygen atoms in total. The van der Waals surface area contributed by atoms with Crippen molar-refractivity contribution in [3.8, 4) is 5.75 Å². The molecular formula is C15H19BO5. The van der Waals surface area contributed by atoms with Crippen LogP contribution in [0.4, 0.5) is 0 Å². The van der Waals surface area contributed by atoms with Gasteiger partial charge < -0.3 is 24.3 Å². The van der Waals surface area contributed by atoms with Crippen molar-refractivity contribution in [2.24, 2.45) is 0 Å². The van der Waals surface area contributed by atoms with Gasteiger partial charge in [-0.1, -0.05) is 30.3 Å². The SMILES string of the molecule is COCCOCCOc1ccc2ccccc2c1B(O)O. The molecule has 112 valence electrons. The maximum absolute atomic E-state index is 9.60. The second-order valence-corrected chi connectivity index (χ2v) is 4.53. The zero-order valence-corrected chi connectivity index (χ0v) is 12.0. The number of rotatable bonds is 8. The number of ether oxygens (including phenoxy) is 3. The highest BCUT2D eigenvalue weighted by molar-refractivity contribution is 6.63. The van der Waals surface area contributed by atoms with Gasteiger partial charge in [-0.3, -0.25) is 0 Å². The van der Waals surface area contributed by atoms with Crippen LogP contribution >= 0.6 is 0 Å². The highest BCUT2D eigenvalue weighted by Gasteiger charge is 2.20. The number of hydrogen-bond donors (Lipinski definition) is 2. The molecule has 0 atom stereocenters. The number of fused-ring (bicyclic) bond motifs is 1. The summed E-state index contributed by atoms with van der Waals surface area (Å²) in [6, 6.07) is 11.1. The van der Waals surface area contributed by atoms with Crippen LogP contribution in [0.3, 0.4) is 0 Å². The van der Waals surface area contributed by atoms with Crippen LogP contribution in [0.2, 0.25) is 0 Å². The molecule has 2 aromatic rings. The van der Waals surface area contributed by atoms with E-state index in [0.29, 0.717) is 37.6 Å². The Labute approximate surface area is 124 Å². The van der Waals surface area contributed by atoms with Crippen molar-refractivity contribution in [2.45, 2.75) is 0 Å². The first-order valence-corrected chi connectivity index (χ1v) is 6.81. The van der Waals surface area contributed by atoms with E-state index in [0.717, 1.165) is 10.8 Å². The Morgan fingerprint density at radius 3 is 2.48 bits per heavy atom. The third kappa shape index (κ3) is 4.18. The van der Waals surface area contributed by atoms with E-state index >= 15 is 0 Å². The zero-order valence-electron chi connectivity index (χ0n) is 12.0.